The molecule has 0 aromatic heterocycles. The van der Waals surface area contributed by atoms with E-state index in [1.54, 1.807) is 23.5 Å². The van der Waals surface area contributed by atoms with Crippen molar-refractivity contribution in [3.8, 4) is 0 Å². The first-order valence-electron chi connectivity index (χ1n) is 7.77. The maximum Gasteiger partial charge on any atom is 0.243 e. The molecule has 0 spiro atoms. The van der Waals surface area contributed by atoms with Gasteiger partial charge in [-0.15, -0.1) is 0 Å². The van der Waals surface area contributed by atoms with E-state index in [9.17, 15) is 8.42 Å². The average Bonchev–Trinajstić information content (AvgIpc) is 2.47. The monoisotopic (exact) mass is 310 g/mol. The highest BCUT2D eigenvalue weighted by Gasteiger charge is 2.30. The summed E-state index contributed by atoms with van der Waals surface area (Å²) in [6.07, 6.45) is 4.26. The Bertz CT molecular complexity index is 554. The first-order valence-corrected chi connectivity index (χ1v) is 9.21. The normalized spacial score (nSPS) is 23.2. The van der Waals surface area contributed by atoms with E-state index in [-0.39, 0.29) is 6.04 Å². The summed E-state index contributed by atoms with van der Waals surface area (Å²) in [6, 6.07) is 7.17. The van der Waals surface area contributed by atoms with Gasteiger partial charge in [-0.3, -0.25) is 0 Å². The Morgan fingerprint density at radius 2 is 1.90 bits per heavy atom. The van der Waals surface area contributed by atoms with Crippen molar-refractivity contribution in [3.63, 3.8) is 0 Å². The van der Waals surface area contributed by atoms with Crippen molar-refractivity contribution in [2.75, 3.05) is 18.9 Å². The van der Waals surface area contributed by atoms with Gasteiger partial charge in [0.2, 0.25) is 10.0 Å². The maximum absolute atomic E-state index is 12.7. The first kappa shape index (κ1) is 16.3. The zero-order valence-electron chi connectivity index (χ0n) is 13.2. The van der Waals surface area contributed by atoms with E-state index in [0.717, 1.165) is 31.5 Å². The second kappa shape index (κ2) is 6.79. The van der Waals surface area contributed by atoms with Crippen LogP contribution in [-0.4, -0.2) is 32.4 Å². The second-order valence-corrected chi connectivity index (χ2v) is 8.00. The quantitative estimate of drug-likeness (QED) is 0.907. The zero-order chi connectivity index (χ0) is 15.5. The van der Waals surface area contributed by atoms with Crippen molar-refractivity contribution in [2.24, 2.45) is 5.92 Å². The Labute approximate surface area is 128 Å². The molecule has 2 rings (SSSR count). The molecule has 1 aromatic carbocycles. The minimum atomic E-state index is -3.39. The Kier molecular flexibility index (Phi) is 5.27. The fourth-order valence-corrected chi connectivity index (χ4v) is 4.44. The first-order chi connectivity index (χ1) is 9.95. The molecular weight excluding hydrogens is 284 g/mol. The van der Waals surface area contributed by atoms with Gasteiger partial charge in [0.05, 0.1) is 4.90 Å². The predicted molar refractivity (Wildman–Crippen MR) is 87.0 cm³/mol. The molecule has 1 fully saturated rings. The van der Waals surface area contributed by atoms with Crippen LogP contribution >= 0.6 is 0 Å². The van der Waals surface area contributed by atoms with Crippen LogP contribution in [0, 0.1) is 5.92 Å². The van der Waals surface area contributed by atoms with Crippen LogP contribution in [0.25, 0.3) is 0 Å². The smallest absolute Gasteiger partial charge is 0.243 e. The molecule has 0 amide bonds. The van der Waals surface area contributed by atoms with E-state index in [2.05, 4.69) is 12.2 Å². The van der Waals surface area contributed by atoms with Gasteiger partial charge < -0.3 is 5.32 Å². The van der Waals surface area contributed by atoms with Crippen molar-refractivity contribution in [1.29, 1.82) is 0 Å². The molecule has 21 heavy (non-hydrogen) atoms. The number of nitrogens with zero attached hydrogens (tertiary/aromatic N) is 1. The van der Waals surface area contributed by atoms with Gasteiger partial charge in [-0.1, -0.05) is 19.8 Å². The third-order valence-electron chi connectivity index (χ3n) is 4.34. The number of hydrogen-bond acceptors (Lipinski definition) is 3. The van der Waals surface area contributed by atoms with Gasteiger partial charge in [0, 0.05) is 25.3 Å². The maximum atomic E-state index is 12.7. The lowest BCUT2D eigenvalue weighted by molar-refractivity contribution is 0.239. The molecule has 118 valence electrons. The Hall–Kier alpha value is -1.07. The highest BCUT2D eigenvalue weighted by molar-refractivity contribution is 7.89. The Morgan fingerprint density at radius 1 is 1.24 bits per heavy atom. The van der Waals surface area contributed by atoms with E-state index in [4.69, 9.17) is 0 Å². The van der Waals surface area contributed by atoms with Crippen LogP contribution < -0.4 is 5.32 Å². The molecule has 1 saturated carbocycles. The van der Waals surface area contributed by atoms with Gasteiger partial charge in [0.1, 0.15) is 0 Å². The van der Waals surface area contributed by atoms with E-state index in [1.807, 2.05) is 19.1 Å². The number of sulfonamides is 1. The fourth-order valence-electron chi connectivity index (χ4n) is 3.04. The summed E-state index contributed by atoms with van der Waals surface area (Å²) in [4.78, 5) is 0.380. The third-order valence-corrected chi connectivity index (χ3v) is 6.26. The highest BCUT2D eigenvalue weighted by atomic mass is 32.2. The van der Waals surface area contributed by atoms with E-state index in [1.165, 1.54) is 6.42 Å². The van der Waals surface area contributed by atoms with Crippen LogP contribution in [0.5, 0.6) is 0 Å². The molecule has 2 unspecified atom stereocenters. The molecular formula is C16H26N2O2S. The molecule has 4 nitrogen and oxygen atoms in total. The summed E-state index contributed by atoms with van der Waals surface area (Å²) in [5, 5.41) is 3.18. The van der Waals surface area contributed by atoms with Crippen LogP contribution in [0.2, 0.25) is 0 Å². The van der Waals surface area contributed by atoms with Crippen LogP contribution in [0.15, 0.2) is 29.2 Å². The molecule has 0 aliphatic heterocycles. The van der Waals surface area contributed by atoms with Crippen molar-refractivity contribution < 1.29 is 8.42 Å². The van der Waals surface area contributed by atoms with Crippen LogP contribution in [-0.2, 0) is 10.0 Å². The lowest BCUT2D eigenvalue weighted by Crippen LogP contribution is -2.39. The van der Waals surface area contributed by atoms with Gasteiger partial charge in [0.25, 0.3) is 0 Å². The van der Waals surface area contributed by atoms with Crippen molar-refractivity contribution in [1.82, 2.24) is 4.31 Å². The summed E-state index contributed by atoms with van der Waals surface area (Å²) in [5.41, 5.74) is 0.949. The van der Waals surface area contributed by atoms with Gasteiger partial charge >= 0.3 is 0 Å². The molecule has 1 aliphatic rings. The van der Waals surface area contributed by atoms with Gasteiger partial charge in [-0.05, 0) is 49.9 Å². The summed E-state index contributed by atoms with van der Waals surface area (Å²) in [6.45, 7) is 5.05. The van der Waals surface area contributed by atoms with E-state index < -0.39 is 10.0 Å². The van der Waals surface area contributed by atoms with E-state index in [0.29, 0.717) is 10.8 Å². The average molecular weight is 310 g/mol. The summed E-state index contributed by atoms with van der Waals surface area (Å²) in [5.74, 6) is 0.609. The number of hydrogen-bond donors (Lipinski definition) is 1. The summed E-state index contributed by atoms with van der Waals surface area (Å²) in [7, 11) is -1.67. The topological polar surface area (TPSA) is 49.4 Å². The molecule has 0 saturated heterocycles. The largest absolute Gasteiger partial charge is 0.385 e. The van der Waals surface area contributed by atoms with Gasteiger partial charge in [-0.25, -0.2) is 8.42 Å². The van der Waals surface area contributed by atoms with Crippen LogP contribution in [0.1, 0.15) is 39.5 Å². The standard InChI is InChI=1S/C16H26N2O2S/c1-4-17-14-8-10-16(11-9-14)21(19,20)18(3)15-7-5-6-13(2)12-15/h8-11,13,15,17H,4-7,12H2,1-3H3. The fraction of sp³-hybridized carbons (Fsp3) is 0.625. The van der Waals surface area contributed by atoms with Crippen molar-refractivity contribution in [3.05, 3.63) is 24.3 Å². The number of benzene rings is 1. The number of nitrogens with one attached hydrogen (secondary N) is 1. The second-order valence-electron chi connectivity index (χ2n) is 6.00. The Balaban J connectivity index is 2.16. The minimum absolute atomic E-state index is 0.132. The highest BCUT2D eigenvalue weighted by Crippen LogP contribution is 2.30. The molecule has 0 bridgehead atoms. The molecule has 5 heteroatoms. The molecule has 2 atom stereocenters. The molecule has 0 radical (unpaired) electrons. The van der Waals surface area contributed by atoms with Crippen molar-refractivity contribution in [2.45, 2.75) is 50.5 Å². The van der Waals surface area contributed by atoms with Crippen LogP contribution in [0.3, 0.4) is 0 Å². The number of anilines is 1. The molecule has 0 heterocycles. The van der Waals surface area contributed by atoms with E-state index >= 15 is 0 Å². The lowest BCUT2D eigenvalue weighted by atomic mass is 9.87. The molecule has 1 aliphatic carbocycles. The molecule has 1 aromatic rings. The Morgan fingerprint density at radius 3 is 2.48 bits per heavy atom. The van der Waals surface area contributed by atoms with Gasteiger partial charge in [-0.2, -0.15) is 4.31 Å². The van der Waals surface area contributed by atoms with Crippen molar-refractivity contribution >= 4 is 15.7 Å². The SMILES string of the molecule is CCNc1ccc(S(=O)(=O)N(C)C2CCCC(C)C2)cc1. The summed E-state index contributed by atoms with van der Waals surface area (Å²) < 4.78 is 27.0. The third kappa shape index (κ3) is 3.77. The number of rotatable bonds is 5. The minimum Gasteiger partial charge on any atom is -0.385 e. The summed E-state index contributed by atoms with van der Waals surface area (Å²) >= 11 is 0. The lowest BCUT2D eigenvalue weighted by Gasteiger charge is -2.33. The van der Waals surface area contributed by atoms with Crippen LogP contribution in [0.4, 0.5) is 5.69 Å². The zero-order valence-corrected chi connectivity index (χ0v) is 14.0. The molecule has 1 N–H and O–H groups in total. The predicted octanol–water partition coefficient (Wildman–Crippen LogP) is 3.32. The van der Waals surface area contributed by atoms with Gasteiger partial charge in [0.15, 0.2) is 0 Å².